The highest BCUT2D eigenvalue weighted by Crippen LogP contribution is 2.45. The van der Waals surface area contributed by atoms with Crippen molar-refractivity contribution in [2.75, 3.05) is 26.3 Å². The van der Waals surface area contributed by atoms with Crippen molar-refractivity contribution in [2.24, 2.45) is 10.9 Å². The van der Waals surface area contributed by atoms with Gasteiger partial charge in [-0.2, -0.15) is 0 Å². The Hall–Kier alpha value is -3.33. The second kappa shape index (κ2) is 12.7. The van der Waals surface area contributed by atoms with Crippen LogP contribution in [0.15, 0.2) is 64.3 Å². The molecule has 0 radical (unpaired) electrons. The van der Waals surface area contributed by atoms with E-state index in [0.717, 1.165) is 29.3 Å². The molecule has 9 heteroatoms. The molecule has 1 aromatic rings. The summed E-state index contributed by atoms with van der Waals surface area (Å²) in [4.78, 5) is 47.5. The summed E-state index contributed by atoms with van der Waals surface area (Å²) >= 11 is 1.44. The third-order valence-corrected chi connectivity index (χ3v) is 8.09. The third kappa shape index (κ3) is 6.30. The van der Waals surface area contributed by atoms with Crippen LogP contribution in [0, 0.1) is 5.92 Å². The molecule has 0 aliphatic carbocycles. The molecule has 0 N–H and O–H groups in total. The number of hydrogen-bond acceptors (Lipinski definition) is 8. The molecule has 2 atom stereocenters. The number of amides is 1. The van der Waals surface area contributed by atoms with Crippen molar-refractivity contribution in [2.45, 2.75) is 58.9 Å². The molecule has 1 fully saturated rings. The predicted molar refractivity (Wildman–Crippen MR) is 153 cm³/mol. The first kappa shape index (κ1) is 28.7. The fourth-order valence-corrected chi connectivity index (χ4v) is 6.11. The first-order chi connectivity index (χ1) is 18.7. The van der Waals surface area contributed by atoms with E-state index < -0.39 is 12.0 Å². The topological polar surface area (TPSA) is 88.5 Å². The molecular formula is C30H37N3O5S. The summed E-state index contributed by atoms with van der Waals surface area (Å²) in [5, 5.41) is 2.65. The van der Waals surface area contributed by atoms with Crippen LogP contribution in [0.2, 0.25) is 0 Å². The number of allylic oxidation sites excluding steroid dienone is 1. The fourth-order valence-electron chi connectivity index (χ4n) is 5.14. The van der Waals surface area contributed by atoms with Gasteiger partial charge in [0, 0.05) is 18.8 Å². The number of ether oxygens (including phenoxy) is 2. The van der Waals surface area contributed by atoms with Gasteiger partial charge in [0.05, 0.1) is 36.3 Å². The van der Waals surface area contributed by atoms with Crippen LogP contribution in [-0.2, 0) is 23.9 Å². The maximum Gasteiger partial charge on any atom is 0.338 e. The van der Waals surface area contributed by atoms with E-state index in [1.807, 2.05) is 29.4 Å². The molecule has 3 heterocycles. The van der Waals surface area contributed by atoms with Gasteiger partial charge in [0.1, 0.15) is 6.61 Å². The number of fused-ring (bicyclic) bond motifs is 1. The second-order valence-electron chi connectivity index (χ2n) is 10.2. The van der Waals surface area contributed by atoms with Crippen molar-refractivity contribution in [3.63, 3.8) is 0 Å². The van der Waals surface area contributed by atoms with E-state index in [0.29, 0.717) is 36.9 Å². The molecule has 1 aromatic carbocycles. The number of thioether (sulfide) groups is 1. The molecule has 1 amide bonds. The first-order valence-electron chi connectivity index (χ1n) is 13.5. The van der Waals surface area contributed by atoms with E-state index in [4.69, 9.17) is 14.5 Å². The minimum atomic E-state index is -0.487. The highest BCUT2D eigenvalue weighted by atomic mass is 32.2. The number of aliphatic imine (C=N–C) groups is 1. The van der Waals surface area contributed by atoms with Gasteiger partial charge in [0.15, 0.2) is 5.17 Å². The van der Waals surface area contributed by atoms with Crippen LogP contribution in [0.25, 0.3) is 0 Å². The number of carbonyl (C=O) groups excluding carboxylic acids is 3. The lowest BCUT2D eigenvalue weighted by Gasteiger charge is -2.37. The van der Waals surface area contributed by atoms with Gasteiger partial charge in [-0.3, -0.25) is 9.59 Å². The summed E-state index contributed by atoms with van der Waals surface area (Å²) in [7, 11) is 0. The molecule has 0 unspecified atom stereocenters. The van der Waals surface area contributed by atoms with Crippen LogP contribution in [-0.4, -0.2) is 59.1 Å². The minimum Gasteiger partial charge on any atom is -0.466 e. The number of hydrogen-bond donors (Lipinski definition) is 0. The molecule has 208 valence electrons. The molecule has 3 aliphatic heterocycles. The summed E-state index contributed by atoms with van der Waals surface area (Å²) < 4.78 is 10.7. The van der Waals surface area contributed by atoms with Gasteiger partial charge in [-0.1, -0.05) is 62.5 Å². The number of esters is 2. The van der Waals surface area contributed by atoms with Gasteiger partial charge in [-0.15, -0.1) is 0 Å². The highest BCUT2D eigenvalue weighted by Gasteiger charge is 2.41. The smallest absolute Gasteiger partial charge is 0.338 e. The van der Waals surface area contributed by atoms with Gasteiger partial charge in [-0.25, -0.2) is 9.79 Å². The number of amidine groups is 1. The first-order valence-corrected chi connectivity index (χ1v) is 14.4. The Morgan fingerprint density at radius 3 is 2.62 bits per heavy atom. The molecule has 0 aromatic heterocycles. The van der Waals surface area contributed by atoms with Gasteiger partial charge in [0.25, 0.3) is 0 Å². The second-order valence-corrected chi connectivity index (χ2v) is 11.0. The molecule has 0 bridgehead atoms. The van der Waals surface area contributed by atoms with Crippen molar-refractivity contribution in [1.29, 1.82) is 0 Å². The Labute approximate surface area is 234 Å². The lowest BCUT2D eigenvalue weighted by atomic mass is 9.91. The quantitative estimate of drug-likeness (QED) is 0.304. The summed E-state index contributed by atoms with van der Waals surface area (Å²) in [5.41, 5.74) is 3.91. The van der Waals surface area contributed by atoms with Crippen molar-refractivity contribution < 1.29 is 23.9 Å². The van der Waals surface area contributed by atoms with Crippen LogP contribution in [0.4, 0.5) is 0 Å². The van der Waals surface area contributed by atoms with E-state index in [1.54, 1.807) is 11.8 Å². The normalized spacial score (nSPS) is 20.8. The fraction of sp³-hybridized carbons (Fsp3) is 0.467. The number of rotatable bonds is 9. The van der Waals surface area contributed by atoms with Gasteiger partial charge in [0.2, 0.25) is 5.91 Å². The molecule has 1 saturated heterocycles. The van der Waals surface area contributed by atoms with Crippen LogP contribution in [0.3, 0.4) is 0 Å². The lowest BCUT2D eigenvalue weighted by Crippen LogP contribution is -2.44. The Bertz CT molecular complexity index is 1220. The molecule has 39 heavy (non-hydrogen) atoms. The molecule has 8 nitrogen and oxygen atoms in total. The largest absolute Gasteiger partial charge is 0.466 e. The van der Waals surface area contributed by atoms with Crippen molar-refractivity contribution >= 4 is 34.8 Å². The van der Waals surface area contributed by atoms with Crippen LogP contribution in [0.1, 0.15) is 70.0 Å². The Morgan fingerprint density at radius 1 is 1.21 bits per heavy atom. The summed E-state index contributed by atoms with van der Waals surface area (Å²) in [6.45, 7) is 12.9. The zero-order valence-electron chi connectivity index (χ0n) is 23.1. The van der Waals surface area contributed by atoms with E-state index in [1.165, 1.54) is 23.4 Å². The summed E-state index contributed by atoms with van der Waals surface area (Å²) in [5.74, 6) is -0.692. The zero-order valence-corrected chi connectivity index (χ0v) is 24.0. The lowest BCUT2D eigenvalue weighted by molar-refractivity contribution is -0.151. The summed E-state index contributed by atoms with van der Waals surface area (Å²) in [6, 6.07) is 7.74. The third-order valence-electron chi connectivity index (χ3n) is 7.20. The maximum absolute atomic E-state index is 13.5. The Kier molecular flexibility index (Phi) is 9.32. The number of piperidine rings is 1. The zero-order chi connectivity index (χ0) is 28.1. The van der Waals surface area contributed by atoms with Crippen molar-refractivity contribution in [3.8, 4) is 0 Å². The number of benzene rings is 1. The van der Waals surface area contributed by atoms with Crippen molar-refractivity contribution in [3.05, 3.63) is 70.4 Å². The molecule has 3 aliphatic rings. The molecule has 0 spiro atoms. The number of carbonyl (C=O) groups is 3. The van der Waals surface area contributed by atoms with Gasteiger partial charge < -0.3 is 19.3 Å². The standard InChI is InChI=1S/C30H37N3O5S/c1-6-15-38-29(36)26-20(5)31-30-33(27(26)22-12-10-21(11-13-22)19(3)4)24(18-39-30)16-25(34)32-14-8-9-23(17-32)28(35)37-7-2/h6,10-13,18-19,23,27H,1,7-9,14-17H2,2-5H3/t23-,27-/m0/s1. The summed E-state index contributed by atoms with van der Waals surface area (Å²) in [6.07, 6.45) is 3.15. The SMILES string of the molecule is C=CCOC(=O)C1=C(C)N=C2SC=C(CC(=O)N3CCC[C@H](C(=O)OCC)C3)N2[C@H]1c1ccc(C(C)C)cc1. The van der Waals surface area contributed by atoms with Crippen LogP contribution >= 0.6 is 11.8 Å². The minimum absolute atomic E-state index is 0.0620. The molecular weight excluding hydrogens is 514 g/mol. The van der Waals surface area contributed by atoms with Gasteiger partial charge in [-0.05, 0) is 49.1 Å². The molecule has 0 saturated carbocycles. The van der Waals surface area contributed by atoms with Gasteiger partial charge >= 0.3 is 11.9 Å². The maximum atomic E-state index is 13.5. The van der Waals surface area contributed by atoms with E-state index in [-0.39, 0.29) is 30.8 Å². The number of likely N-dealkylation sites (tertiary alicyclic amines) is 1. The van der Waals surface area contributed by atoms with Crippen LogP contribution in [0.5, 0.6) is 0 Å². The average Bonchev–Trinajstić information content (AvgIpc) is 3.32. The Balaban J connectivity index is 1.62. The van der Waals surface area contributed by atoms with E-state index in [2.05, 4.69) is 32.6 Å². The monoisotopic (exact) mass is 551 g/mol. The van der Waals surface area contributed by atoms with Crippen molar-refractivity contribution in [1.82, 2.24) is 9.80 Å². The predicted octanol–water partition coefficient (Wildman–Crippen LogP) is 5.31. The molecule has 4 rings (SSSR count). The van der Waals surface area contributed by atoms with E-state index in [9.17, 15) is 14.4 Å². The average molecular weight is 552 g/mol. The van der Waals surface area contributed by atoms with Crippen LogP contribution < -0.4 is 0 Å². The number of nitrogens with zero attached hydrogens (tertiary/aromatic N) is 3. The highest BCUT2D eigenvalue weighted by molar-refractivity contribution is 8.16. The van der Waals surface area contributed by atoms with E-state index >= 15 is 0 Å². The Morgan fingerprint density at radius 2 is 1.95 bits per heavy atom.